The number of para-hydroxylation sites is 1. The molecule has 1 aliphatic rings. The Kier molecular flexibility index (Phi) is 3.92. The largest absolute Gasteiger partial charge is 0.418 e. The molecule has 3 heterocycles. The molecule has 23 heavy (non-hydrogen) atoms. The van der Waals surface area contributed by atoms with Gasteiger partial charge in [-0.15, -0.1) is 21.5 Å². The van der Waals surface area contributed by atoms with Gasteiger partial charge in [-0.05, 0) is 39.7 Å². The van der Waals surface area contributed by atoms with Crippen LogP contribution in [-0.2, 0) is 6.54 Å². The number of fused-ring (bicyclic) bond motifs is 1. The van der Waals surface area contributed by atoms with Crippen molar-refractivity contribution in [2.45, 2.75) is 12.5 Å². The lowest BCUT2D eigenvalue weighted by Gasteiger charge is -2.17. The van der Waals surface area contributed by atoms with Gasteiger partial charge in [0, 0.05) is 18.2 Å². The third kappa shape index (κ3) is 2.80. The molecule has 0 saturated heterocycles. The van der Waals surface area contributed by atoms with E-state index in [2.05, 4.69) is 43.2 Å². The van der Waals surface area contributed by atoms with Gasteiger partial charge in [0.25, 0.3) is 5.89 Å². The lowest BCUT2D eigenvalue weighted by Crippen LogP contribution is -2.22. The highest BCUT2D eigenvalue weighted by atomic mass is 79.9. The molecule has 118 valence electrons. The summed E-state index contributed by atoms with van der Waals surface area (Å²) in [6.45, 7) is 1.46. The van der Waals surface area contributed by atoms with E-state index in [0.29, 0.717) is 18.3 Å². The minimum atomic E-state index is 0.141. The van der Waals surface area contributed by atoms with Gasteiger partial charge >= 0.3 is 0 Å². The fourth-order valence-corrected chi connectivity index (χ4v) is 4.21. The molecule has 1 unspecified atom stereocenters. The van der Waals surface area contributed by atoms with Gasteiger partial charge in [0.1, 0.15) is 0 Å². The molecule has 0 radical (unpaired) electrons. The van der Waals surface area contributed by atoms with E-state index in [4.69, 9.17) is 4.42 Å². The Morgan fingerprint density at radius 2 is 2.13 bits per heavy atom. The van der Waals surface area contributed by atoms with Crippen molar-refractivity contribution in [3.63, 3.8) is 0 Å². The molecule has 0 bridgehead atoms. The lowest BCUT2D eigenvalue weighted by atomic mass is 10.0. The molecule has 2 aromatic heterocycles. The van der Waals surface area contributed by atoms with E-state index in [1.54, 1.807) is 11.3 Å². The summed E-state index contributed by atoms with van der Waals surface area (Å²) in [6.07, 6.45) is 0. The first kappa shape index (κ1) is 14.9. The highest BCUT2D eigenvalue weighted by Crippen LogP contribution is 2.37. The van der Waals surface area contributed by atoms with Crippen LogP contribution >= 0.6 is 27.3 Å². The summed E-state index contributed by atoms with van der Waals surface area (Å²) in [5.41, 5.74) is 2.31. The number of aliphatic hydroxyl groups is 1. The van der Waals surface area contributed by atoms with Crippen molar-refractivity contribution in [1.29, 1.82) is 0 Å². The number of hydrogen-bond acceptors (Lipinski definition) is 6. The maximum Gasteiger partial charge on any atom is 0.257 e. The molecule has 1 aliphatic heterocycles. The van der Waals surface area contributed by atoms with Crippen molar-refractivity contribution in [3.05, 3.63) is 51.6 Å². The van der Waals surface area contributed by atoms with E-state index in [9.17, 15) is 5.11 Å². The Morgan fingerprint density at radius 3 is 2.91 bits per heavy atom. The first-order chi connectivity index (χ1) is 11.2. The monoisotopic (exact) mass is 391 g/mol. The normalized spacial score (nSPS) is 16.8. The summed E-state index contributed by atoms with van der Waals surface area (Å²) >= 11 is 5.00. The summed E-state index contributed by atoms with van der Waals surface area (Å²) in [6, 6.07) is 12.1. The van der Waals surface area contributed by atoms with Gasteiger partial charge in [-0.1, -0.05) is 18.2 Å². The van der Waals surface area contributed by atoms with Crippen LogP contribution in [-0.4, -0.2) is 28.5 Å². The molecule has 0 saturated carbocycles. The van der Waals surface area contributed by atoms with E-state index in [-0.39, 0.29) is 12.5 Å². The molecular formula is C16H14BrN3O2S. The molecular weight excluding hydrogens is 378 g/mol. The number of hydrogen-bond donors (Lipinski definition) is 1. The van der Waals surface area contributed by atoms with Crippen LogP contribution in [0.4, 0.5) is 5.69 Å². The topological polar surface area (TPSA) is 62.4 Å². The molecule has 3 aromatic rings. The number of aromatic nitrogens is 2. The molecule has 1 N–H and O–H groups in total. The van der Waals surface area contributed by atoms with Gasteiger partial charge in [0.05, 0.1) is 21.8 Å². The summed E-state index contributed by atoms with van der Waals surface area (Å²) in [5, 5.41) is 17.9. The third-order valence-electron chi connectivity index (χ3n) is 3.96. The van der Waals surface area contributed by atoms with Gasteiger partial charge in [-0.2, -0.15) is 0 Å². The zero-order chi connectivity index (χ0) is 15.8. The van der Waals surface area contributed by atoms with Crippen molar-refractivity contribution >= 4 is 33.0 Å². The Bertz CT molecular complexity index is 832. The second-order valence-electron chi connectivity index (χ2n) is 5.42. The summed E-state index contributed by atoms with van der Waals surface area (Å²) in [7, 11) is 0. The zero-order valence-electron chi connectivity index (χ0n) is 12.1. The zero-order valence-corrected chi connectivity index (χ0v) is 14.5. The van der Waals surface area contributed by atoms with Crippen LogP contribution in [0.1, 0.15) is 17.4 Å². The number of benzene rings is 1. The number of rotatable bonds is 4. The smallest absolute Gasteiger partial charge is 0.257 e. The van der Waals surface area contributed by atoms with Gasteiger partial charge in [0.2, 0.25) is 5.89 Å². The Hall–Kier alpha value is -1.70. The lowest BCUT2D eigenvalue weighted by molar-refractivity contribution is 0.270. The van der Waals surface area contributed by atoms with Crippen molar-refractivity contribution in [2.75, 3.05) is 18.1 Å². The van der Waals surface area contributed by atoms with E-state index in [1.165, 1.54) is 5.56 Å². The first-order valence-electron chi connectivity index (χ1n) is 7.27. The fraction of sp³-hybridized carbons (Fsp3) is 0.250. The maximum absolute atomic E-state index is 9.57. The number of thiophene rings is 1. The highest BCUT2D eigenvalue weighted by Gasteiger charge is 2.28. The molecule has 5 nitrogen and oxygen atoms in total. The number of aliphatic hydroxyl groups excluding tert-OH is 1. The van der Waals surface area contributed by atoms with Crippen LogP contribution < -0.4 is 4.90 Å². The molecule has 0 spiro atoms. The van der Waals surface area contributed by atoms with Crippen LogP contribution in [0.3, 0.4) is 0 Å². The Morgan fingerprint density at radius 1 is 1.26 bits per heavy atom. The van der Waals surface area contributed by atoms with E-state index in [1.807, 2.05) is 24.3 Å². The minimum Gasteiger partial charge on any atom is -0.418 e. The van der Waals surface area contributed by atoms with Crippen LogP contribution in [0.2, 0.25) is 0 Å². The second kappa shape index (κ2) is 6.07. The molecule has 4 rings (SSSR count). The van der Waals surface area contributed by atoms with Gasteiger partial charge in [-0.25, -0.2) is 0 Å². The molecule has 1 aromatic carbocycles. The Labute approximate surface area is 145 Å². The van der Waals surface area contributed by atoms with Crippen LogP contribution in [0, 0.1) is 0 Å². The van der Waals surface area contributed by atoms with Gasteiger partial charge in [-0.3, -0.25) is 0 Å². The molecule has 1 atom stereocenters. The molecule has 0 fully saturated rings. The highest BCUT2D eigenvalue weighted by molar-refractivity contribution is 9.11. The van der Waals surface area contributed by atoms with E-state index in [0.717, 1.165) is 20.9 Å². The number of halogens is 1. The quantitative estimate of drug-likeness (QED) is 0.735. The second-order valence-corrected chi connectivity index (χ2v) is 7.89. The summed E-state index contributed by atoms with van der Waals surface area (Å²) in [5.74, 6) is 1.27. The average molecular weight is 392 g/mol. The van der Waals surface area contributed by atoms with Crippen LogP contribution in [0.25, 0.3) is 10.8 Å². The standard InChI is InChI=1S/C16H14BrN3O2S/c17-14-6-5-13(23-14)16-19-18-15(22-16)8-20-7-10(9-21)11-3-1-2-4-12(11)20/h1-6,10,21H,7-9H2. The number of anilines is 1. The number of nitrogens with zero attached hydrogens (tertiary/aromatic N) is 3. The Balaban J connectivity index is 1.56. The molecule has 7 heteroatoms. The SMILES string of the molecule is OCC1CN(Cc2nnc(-c3ccc(Br)s3)o2)c2ccccc21. The minimum absolute atomic E-state index is 0.141. The predicted octanol–water partition coefficient (Wildman–Crippen LogP) is 3.66. The van der Waals surface area contributed by atoms with E-state index >= 15 is 0 Å². The van der Waals surface area contributed by atoms with Crippen molar-refractivity contribution in [1.82, 2.24) is 10.2 Å². The van der Waals surface area contributed by atoms with Crippen LogP contribution in [0.15, 0.2) is 44.6 Å². The van der Waals surface area contributed by atoms with Crippen LogP contribution in [0.5, 0.6) is 0 Å². The summed E-state index contributed by atoms with van der Waals surface area (Å²) in [4.78, 5) is 3.13. The van der Waals surface area contributed by atoms with Gasteiger partial charge in [0.15, 0.2) is 0 Å². The van der Waals surface area contributed by atoms with Crippen molar-refractivity contribution in [3.8, 4) is 10.8 Å². The average Bonchev–Trinajstić information content (AvgIpc) is 3.27. The first-order valence-corrected chi connectivity index (χ1v) is 8.88. The van der Waals surface area contributed by atoms with E-state index < -0.39 is 0 Å². The maximum atomic E-state index is 9.57. The summed E-state index contributed by atoms with van der Waals surface area (Å²) < 4.78 is 6.83. The van der Waals surface area contributed by atoms with Gasteiger partial charge < -0.3 is 14.4 Å². The van der Waals surface area contributed by atoms with Crippen molar-refractivity contribution in [2.24, 2.45) is 0 Å². The third-order valence-corrected chi connectivity index (χ3v) is 5.57. The molecule has 0 aliphatic carbocycles. The fourth-order valence-electron chi connectivity index (χ4n) is 2.90. The predicted molar refractivity (Wildman–Crippen MR) is 92.6 cm³/mol. The molecule has 0 amide bonds. The van der Waals surface area contributed by atoms with Crippen molar-refractivity contribution < 1.29 is 9.52 Å².